The highest BCUT2D eigenvalue weighted by molar-refractivity contribution is 9.10. The first-order valence-electron chi connectivity index (χ1n) is 5.97. The number of benzene rings is 1. The van der Waals surface area contributed by atoms with Crippen LogP contribution >= 0.6 is 27.5 Å². The molecule has 5 heteroatoms. The molecule has 18 heavy (non-hydrogen) atoms. The molecule has 100 valence electrons. The molecule has 0 saturated carbocycles. The van der Waals surface area contributed by atoms with Gasteiger partial charge in [0.25, 0.3) is 0 Å². The highest BCUT2D eigenvalue weighted by atomic mass is 79.9. The molecule has 2 N–H and O–H groups in total. The number of β-amino-alcohol motifs (C(OH)–C–C–N with tert-alkyl or cyclic N) is 2. The number of aliphatic hydroxyl groups is 2. The van der Waals surface area contributed by atoms with Crippen LogP contribution in [0.5, 0.6) is 0 Å². The van der Waals surface area contributed by atoms with Gasteiger partial charge in [0.15, 0.2) is 0 Å². The third-order valence-electron chi connectivity index (χ3n) is 3.29. The summed E-state index contributed by atoms with van der Waals surface area (Å²) in [6, 6.07) is 5.48. The van der Waals surface area contributed by atoms with E-state index >= 15 is 0 Å². The predicted molar refractivity (Wildman–Crippen MR) is 75.8 cm³/mol. The summed E-state index contributed by atoms with van der Waals surface area (Å²) in [6.45, 7) is 3.66. The largest absolute Gasteiger partial charge is 0.392 e. The lowest BCUT2D eigenvalue weighted by Gasteiger charge is -2.30. The second-order valence-corrected chi connectivity index (χ2v) is 6.40. The van der Waals surface area contributed by atoms with Gasteiger partial charge >= 0.3 is 0 Å². The van der Waals surface area contributed by atoms with E-state index in [1.807, 2.05) is 12.1 Å². The van der Waals surface area contributed by atoms with Gasteiger partial charge in [-0.15, -0.1) is 0 Å². The van der Waals surface area contributed by atoms with Gasteiger partial charge in [0, 0.05) is 34.7 Å². The Morgan fingerprint density at radius 3 is 2.83 bits per heavy atom. The van der Waals surface area contributed by atoms with E-state index in [9.17, 15) is 10.2 Å². The van der Waals surface area contributed by atoms with E-state index in [4.69, 9.17) is 11.6 Å². The molecular formula is C13H17BrClNO2. The fraction of sp³-hybridized carbons (Fsp3) is 0.538. The lowest BCUT2D eigenvalue weighted by molar-refractivity contribution is 0.0195. The maximum absolute atomic E-state index is 10.6. The molecule has 0 radical (unpaired) electrons. The Bertz CT molecular complexity index is 439. The van der Waals surface area contributed by atoms with Crippen LogP contribution in [0.3, 0.4) is 0 Å². The van der Waals surface area contributed by atoms with Crippen molar-refractivity contribution in [3.63, 3.8) is 0 Å². The molecule has 1 aromatic rings. The maximum Gasteiger partial charge on any atom is 0.101 e. The fourth-order valence-electron chi connectivity index (χ4n) is 2.40. The number of hydrogen-bond acceptors (Lipinski definition) is 3. The van der Waals surface area contributed by atoms with Crippen LogP contribution in [0.2, 0.25) is 5.02 Å². The molecule has 3 nitrogen and oxygen atoms in total. The van der Waals surface area contributed by atoms with Gasteiger partial charge in [-0.3, -0.25) is 4.90 Å². The molecule has 0 bridgehead atoms. The normalized spacial score (nSPS) is 24.2. The monoisotopic (exact) mass is 333 g/mol. The van der Waals surface area contributed by atoms with Crippen molar-refractivity contribution in [2.24, 2.45) is 0 Å². The van der Waals surface area contributed by atoms with Crippen LogP contribution in [0, 0.1) is 0 Å². The second kappa shape index (κ2) is 5.47. The molecule has 1 fully saturated rings. The molecule has 2 atom stereocenters. The molecule has 0 amide bonds. The van der Waals surface area contributed by atoms with Crippen LogP contribution in [0.25, 0.3) is 0 Å². The summed E-state index contributed by atoms with van der Waals surface area (Å²) < 4.78 is 0.892. The van der Waals surface area contributed by atoms with Gasteiger partial charge in [-0.2, -0.15) is 0 Å². The van der Waals surface area contributed by atoms with Crippen LogP contribution in [-0.2, 0) is 5.60 Å². The first-order chi connectivity index (χ1) is 8.38. The molecule has 1 aromatic carbocycles. The number of likely N-dealkylation sites (tertiary alicyclic amines) is 1. The zero-order valence-corrected chi connectivity index (χ0v) is 12.6. The minimum atomic E-state index is -1.01. The molecular weight excluding hydrogens is 318 g/mol. The second-order valence-electron chi connectivity index (χ2n) is 5.08. The first-order valence-corrected chi connectivity index (χ1v) is 7.14. The van der Waals surface area contributed by atoms with Crippen molar-refractivity contribution < 1.29 is 10.2 Å². The number of halogens is 2. The van der Waals surface area contributed by atoms with Gasteiger partial charge < -0.3 is 10.2 Å². The molecule has 1 saturated heterocycles. The summed E-state index contributed by atoms with van der Waals surface area (Å²) in [4.78, 5) is 2.06. The van der Waals surface area contributed by atoms with E-state index < -0.39 is 5.60 Å². The Morgan fingerprint density at radius 1 is 1.56 bits per heavy atom. The van der Waals surface area contributed by atoms with E-state index in [1.54, 1.807) is 13.0 Å². The van der Waals surface area contributed by atoms with E-state index in [0.717, 1.165) is 17.4 Å². The minimum Gasteiger partial charge on any atom is -0.392 e. The average molecular weight is 335 g/mol. The number of nitrogens with zero attached hydrogens (tertiary/aromatic N) is 1. The van der Waals surface area contributed by atoms with Crippen molar-refractivity contribution >= 4 is 27.5 Å². The Kier molecular flexibility index (Phi) is 4.34. The highest BCUT2D eigenvalue weighted by Gasteiger charge is 2.31. The lowest BCUT2D eigenvalue weighted by atomic mass is 9.95. The van der Waals surface area contributed by atoms with Crippen LogP contribution in [0.1, 0.15) is 18.9 Å². The van der Waals surface area contributed by atoms with Crippen molar-refractivity contribution in [3.05, 3.63) is 33.3 Å². The van der Waals surface area contributed by atoms with Gasteiger partial charge in [0.2, 0.25) is 0 Å². The third-order valence-corrected chi connectivity index (χ3v) is 4.10. The smallest absolute Gasteiger partial charge is 0.101 e. The predicted octanol–water partition coefficient (Wildman–Crippen LogP) is 2.38. The Hall–Kier alpha value is -0.130. The van der Waals surface area contributed by atoms with Gasteiger partial charge in [0.1, 0.15) is 5.60 Å². The zero-order valence-electron chi connectivity index (χ0n) is 10.2. The summed E-state index contributed by atoms with van der Waals surface area (Å²) in [5, 5.41) is 20.6. The van der Waals surface area contributed by atoms with Crippen LogP contribution in [0.15, 0.2) is 22.7 Å². The molecule has 2 unspecified atom stereocenters. The minimum absolute atomic E-state index is 0.277. The zero-order chi connectivity index (χ0) is 13.3. The van der Waals surface area contributed by atoms with Gasteiger partial charge in [-0.25, -0.2) is 0 Å². The van der Waals surface area contributed by atoms with Gasteiger partial charge in [-0.1, -0.05) is 33.6 Å². The van der Waals surface area contributed by atoms with Crippen LogP contribution in [0.4, 0.5) is 0 Å². The van der Waals surface area contributed by atoms with Crippen molar-refractivity contribution in [2.75, 3.05) is 19.6 Å². The maximum atomic E-state index is 10.6. The van der Waals surface area contributed by atoms with Gasteiger partial charge in [-0.05, 0) is 25.5 Å². The van der Waals surface area contributed by atoms with E-state index in [-0.39, 0.29) is 6.10 Å². The van der Waals surface area contributed by atoms with Crippen LogP contribution < -0.4 is 0 Å². The molecule has 1 aliphatic heterocycles. The lowest BCUT2D eigenvalue weighted by Crippen LogP contribution is -2.38. The van der Waals surface area contributed by atoms with Crippen molar-refractivity contribution in [1.82, 2.24) is 4.90 Å². The standard InChI is InChI=1S/C13H17BrClNO2/c1-13(18,8-16-5-4-10(17)7-16)11-3-2-9(14)6-12(11)15/h2-3,6,10,17-18H,4-5,7-8H2,1H3. The summed E-state index contributed by atoms with van der Waals surface area (Å²) in [5.41, 5.74) is -0.296. The molecule has 2 rings (SSSR count). The Labute approximate surface area is 120 Å². The molecule has 0 spiro atoms. The third kappa shape index (κ3) is 3.25. The first kappa shape index (κ1) is 14.3. The number of rotatable bonds is 3. The number of aliphatic hydroxyl groups excluding tert-OH is 1. The summed E-state index contributed by atoms with van der Waals surface area (Å²) in [5.74, 6) is 0. The van der Waals surface area contributed by atoms with Crippen molar-refractivity contribution in [1.29, 1.82) is 0 Å². The van der Waals surface area contributed by atoms with E-state index in [2.05, 4.69) is 20.8 Å². The fourth-order valence-corrected chi connectivity index (χ4v) is 3.28. The summed E-state index contributed by atoms with van der Waals surface area (Å²) >= 11 is 9.52. The Morgan fingerprint density at radius 2 is 2.28 bits per heavy atom. The molecule has 0 aromatic heterocycles. The molecule has 0 aliphatic carbocycles. The van der Waals surface area contributed by atoms with Crippen LogP contribution in [-0.4, -0.2) is 40.9 Å². The quantitative estimate of drug-likeness (QED) is 0.892. The van der Waals surface area contributed by atoms with E-state index in [0.29, 0.717) is 23.7 Å². The summed E-state index contributed by atoms with van der Waals surface area (Å²) in [7, 11) is 0. The van der Waals surface area contributed by atoms with Crippen molar-refractivity contribution in [3.8, 4) is 0 Å². The molecule has 1 aliphatic rings. The highest BCUT2D eigenvalue weighted by Crippen LogP contribution is 2.31. The summed E-state index contributed by atoms with van der Waals surface area (Å²) in [6.07, 6.45) is 0.491. The average Bonchev–Trinajstić information content (AvgIpc) is 2.62. The SMILES string of the molecule is CC(O)(CN1CCC(O)C1)c1ccc(Br)cc1Cl. The van der Waals surface area contributed by atoms with Crippen molar-refractivity contribution in [2.45, 2.75) is 25.0 Å². The molecule has 1 heterocycles. The van der Waals surface area contributed by atoms with E-state index in [1.165, 1.54) is 0 Å². The number of hydrogen-bond donors (Lipinski definition) is 2. The van der Waals surface area contributed by atoms with Gasteiger partial charge in [0.05, 0.1) is 6.10 Å². The Balaban J connectivity index is 2.14. The topological polar surface area (TPSA) is 43.7 Å².